The number of phenolic OH excluding ortho intramolecular Hbond substituents is 1. The molecule has 4 aromatic rings. The van der Waals surface area contributed by atoms with Crippen molar-refractivity contribution in [1.29, 1.82) is 0 Å². The highest BCUT2D eigenvalue weighted by Gasteiger charge is 2.51. The first kappa shape index (κ1) is 28.2. The molecule has 10 heteroatoms. The third-order valence-corrected chi connectivity index (χ3v) is 8.19. The summed E-state index contributed by atoms with van der Waals surface area (Å²) in [6.07, 6.45) is 3.79. The molecule has 1 aromatic heterocycles. The van der Waals surface area contributed by atoms with Crippen LogP contribution in [0.15, 0.2) is 91.6 Å². The molecule has 3 aromatic carbocycles. The van der Waals surface area contributed by atoms with E-state index in [2.05, 4.69) is 16.8 Å². The van der Waals surface area contributed by atoms with Gasteiger partial charge in [-0.3, -0.25) is 19.5 Å². The second-order valence-corrected chi connectivity index (χ2v) is 11.0. The largest absolute Gasteiger partial charge is 0.508 e. The number of carbonyl (C=O) groups is 3. The number of H-pyrrole nitrogens is 1. The maximum atomic E-state index is 14.2. The van der Waals surface area contributed by atoms with Gasteiger partial charge in [0.1, 0.15) is 18.0 Å². The molecule has 0 bridgehead atoms. The number of carbonyl (C=O) groups excluding carboxylic acids is 3. The lowest BCUT2D eigenvalue weighted by molar-refractivity contribution is -0.205. The van der Waals surface area contributed by atoms with E-state index in [1.807, 2.05) is 48.5 Å². The number of aromatic nitrogens is 2. The molecule has 3 amide bonds. The van der Waals surface area contributed by atoms with Gasteiger partial charge in [-0.05, 0) is 35.2 Å². The number of hydrazine groups is 1. The number of rotatable bonds is 9. The molecule has 220 valence electrons. The second-order valence-electron chi connectivity index (χ2n) is 11.0. The molecule has 0 unspecified atom stereocenters. The molecular weight excluding hydrogens is 544 g/mol. The normalized spacial score (nSPS) is 19.1. The van der Waals surface area contributed by atoms with E-state index in [0.717, 1.165) is 27.6 Å². The molecule has 10 nitrogen and oxygen atoms in total. The summed E-state index contributed by atoms with van der Waals surface area (Å²) in [4.78, 5) is 45.3. The van der Waals surface area contributed by atoms with E-state index >= 15 is 0 Å². The summed E-state index contributed by atoms with van der Waals surface area (Å²) in [6, 6.07) is 21.5. The van der Waals surface area contributed by atoms with Gasteiger partial charge in [-0.2, -0.15) is 5.10 Å². The zero-order valence-corrected chi connectivity index (χ0v) is 23.8. The van der Waals surface area contributed by atoms with E-state index in [9.17, 15) is 19.5 Å². The number of hydrogen-bond acceptors (Lipinski definition) is 6. The predicted molar refractivity (Wildman–Crippen MR) is 161 cm³/mol. The van der Waals surface area contributed by atoms with Crippen LogP contribution in [0.25, 0.3) is 10.9 Å². The van der Waals surface area contributed by atoms with Crippen LogP contribution in [0.1, 0.15) is 23.1 Å². The van der Waals surface area contributed by atoms with Gasteiger partial charge in [0.05, 0.1) is 24.8 Å². The number of para-hydroxylation sites is 1. The van der Waals surface area contributed by atoms with Crippen LogP contribution in [0.3, 0.4) is 0 Å². The summed E-state index contributed by atoms with van der Waals surface area (Å²) in [7, 11) is 0. The molecule has 3 heterocycles. The van der Waals surface area contributed by atoms with Crippen molar-refractivity contribution in [1.82, 2.24) is 30.0 Å². The predicted octanol–water partition coefficient (Wildman–Crippen LogP) is 3.25. The van der Waals surface area contributed by atoms with Crippen LogP contribution in [0.4, 0.5) is 0 Å². The van der Waals surface area contributed by atoms with Crippen LogP contribution in [-0.4, -0.2) is 84.7 Å². The Labute approximate surface area is 249 Å². The minimum Gasteiger partial charge on any atom is -0.508 e. The molecule has 0 radical (unpaired) electrons. The Kier molecular flexibility index (Phi) is 7.93. The highest BCUT2D eigenvalue weighted by Crippen LogP contribution is 2.31. The summed E-state index contributed by atoms with van der Waals surface area (Å²) in [5.74, 6) is -0.411. The maximum Gasteiger partial charge on any atom is 0.246 e. The Morgan fingerprint density at radius 1 is 1.02 bits per heavy atom. The van der Waals surface area contributed by atoms with Gasteiger partial charge in [0, 0.05) is 31.3 Å². The zero-order chi connectivity index (χ0) is 29.9. The van der Waals surface area contributed by atoms with Crippen molar-refractivity contribution in [2.75, 3.05) is 19.6 Å². The van der Waals surface area contributed by atoms with Crippen molar-refractivity contribution >= 4 is 28.6 Å². The van der Waals surface area contributed by atoms with E-state index in [1.54, 1.807) is 56.4 Å². The van der Waals surface area contributed by atoms with Gasteiger partial charge in [-0.25, -0.2) is 10.0 Å². The fraction of sp³-hybridized carbons (Fsp3) is 0.273. The summed E-state index contributed by atoms with van der Waals surface area (Å²) < 4.78 is 0. The molecule has 2 fully saturated rings. The van der Waals surface area contributed by atoms with E-state index in [-0.39, 0.29) is 55.9 Å². The molecule has 6 rings (SSSR count). The quantitative estimate of drug-likeness (QED) is 0.295. The molecule has 2 aliphatic heterocycles. The first-order valence-electron chi connectivity index (χ1n) is 14.4. The van der Waals surface area contributed by atoms with Gasteiger partial charge in [0.15, 0.2) is 0 Å². The van der Waals surface area contributed by atoms with Crippen LogP contribution >= 0.6 is 0 Å². The van der Waals surface area contributed by atoms with Crippen LogP contribution < -0.4 is 0 Å². The number of hydrogen-bond donors (Lipinski definition) is 2. The van der Waals surface area contributed by atoms with Crippen molar-refractivity contribution in [2.24, 2.45) is 0 Å². The third kappa shape index (κ3) is 5.74. The van der Waals surface area contributed by atoms with Crippen LogP contribution in [0.5, 0.6) is 5.75 Å². The van der Waals surface area contributed by atoms with Gasteiger partial charge >= 0.3 is 0 Å². The number of piperazine rings is 1. The molecular formula is C33H34N6O4. The zero-order valence-electron chi connectivity index (χ0n) is 23.8. The molecule has 43 heavy (non-hydrogen) atoms. The van der Waals surface area contributed by atoms with Gasteiger partial charge in [-0.1, -0.05) is 66.7 Å². The third-order valence-electron chi connectivity index (χ3n) is 8.19. The van der Waals surface area contributed by atoms with Gasteiger partial charge in [0.2, 0.25) is 17.7 Å². The number of nitrogens with one attached hydrogen (secondary N) is 1. The number of fused-ring (bicyclic) bond motifs is 2. The minimum absolute atomic E-state index is 0.0353. The average molecular weight is 579 g/mol. The number of nitrogens with zero attached hydrogens (tertiary/aromatic N) is 5. The Morgan fingerprint density at radius 3 is 2.58 bits per heavy atom. The molecule has 2 saturated heterocycles. The number of aryl methyl sites for hydroxylation is 1. The summed E-state index contributed by atoms with van der Waals surface area (Å²) in [5.41, 5.74) is 3.59. The lowest BCUT2D eigenvalue weighted by atomic mass is 9.97. The first-order chi connectivity index (χ1) is 20.9. The highest BCUT2D eigenvalue weighted by molar-refractivity contribution is 5.92. The Bertz CT molecular complexity index is 1640. The van der Waals surface area contributed by atoms with Crippen molar-refractivity contribution < 1.29 is 19.5 Å². The summed E-state index contributed by atoms with van der Waals surface area (Å²) >= 11 is 0. The first-order valence-corrected chi connectivity index (χ1v) is 14.4. The fourth-order valence-electron chi connectivity index (χ4n) is 6.14. The highest BCUT2D eigenvalue weighted by atomic mass is 16.3. The van der Waals surface area contributed by atoms with E-state index in [0.29, 0.717) is 13.0 Å². The molecule has 0 spiro atoms. The van der Waals surface area contributed by atoms with Crippen molar-refractivity contribution in [3.63, 3.8) is 0 Å². The second kappa shape index (κ2) is 12.1. The smallest absolute Gasteiger partial charge is 0.246 e. The fourth-order valence-corrected chi connectivity index (χ4v) is 6.14. The van der Waals surface area contributed by atoms with Crippen molar-refractivity contribution in [2.45, 2.75) is 38.0 Å². The number of aromatic amines is 1. The SMILES string of the molecule is C=CCN1CC(=O)N2[C@@H](Cc3ccc(O)cc3)C(=O)N(Cc3cccc4cn[nH]c34)C[C@@H]2N1C(=O)CCc1ccccc1. The summed E-state index contributed by atoms with van der Waals surface area (Å²) in [5, 5.41) is 21.4. The lowest BCUT2D eigenvalue weighted by Crippen LogP contribution is -2.75. The van der Waals surface area contributed by atoms with Crippen LogP contribution in [0, 0.1) is 0 Å². The molecule has 2 aliphatic rings. The number of aromatic hydroxyl groups is 1. The topological polar surface area (TPSA) is 113 Å². The average Bonchev–Trinajstić information content (AvgIpc) is 3.50. The molecule has 0 saturated carbocycles. The monoisotopic (exact) mass is 578 g/mol. The Balaban J connectivity index is 1.36. The summed E-state index contributed by atoms with van der Waals surface area (Å²) in [6.45, 7) is 4.59. The number of benzene rings is 3. The van der Waals surface area contributed by atoms with Crippen molar-refractivity contribution in [3.8, 4) is 5.75 Å². The van der Waals surface area contributed by atoms with E-state index in [4.69, 9.17) is 0 Å². The van der Waals surface area contributed by atoms with Gasteiger partial charge < -0.3 is 14.9 Å². The Morgan fingerprint density at radius 2 is 1.81 bits per heavy atom. The molecule has 0 aliphatic carbocycles. The van der Waals surface area contributed by atoms with Crippen LogP contribution in [0.2, 0.25) is 0 Å². The van der Waals surface area contributed by atoms with Crippen molar-refractivity contribution in [3.05, 3.63) is 108 Å². The van der Waals surface area contributed by atoms with E-state index in [1.165, 1.54) is 0 Å². The maximum absolute atomic E-state index is 14.2. The van der Waals surface area contributed by atoms with Gasteiger partial charge in [-0.15, -0.1) is 6.58 Å². The standard InChI is InChI=1S/C33H34N6O4/c1-2-17-37-22-31(42)38-28(18-24-11-14-27(40)15-12-24)33(43)36(20-26-10-6-9-25-19-34-35-32(25)26)21-29(38)39(37)30(41)16-13-23-7-4-3-5-8-23/h2-12,14-15,19,28-29,40H,1,13,16-18,20-22H2,(H,34,35)/t28-,29-/m0/s1. The Hall–Kier alpha value is -4.96. The number of phenols is 1. The van der Waals surface area contributed by atoms with Crippen LogP contribution in [-0.2, 0) is 33.8 Å². The lowest BCUT2D eigenvalue weighted by Gasteiger charge is -2.55. The minimum atomic E-state index is -0.827. The number of amides is 3. The van der Waals surface area contributed by atoms with E-state index < -0.39 is 12.2 Å². The van der Waals surface area contributed by atoms with Gasteiger partial charge in [0.25, 0.3) is 0 Å². The molecule has 2 atom stereocenters. The molecule has 2 N–H and O–H groups in total.